The number of carbonyl (C=O) groups excluding carboxylic acids is 1. The highest BCUT2D eigenvalue weighted by molar-refractivity contribution is 5.87. The number of piperidine rings is 1. The molecule has 1 aromatic heterocycles. The summed E-state index contributed by atoms with van der Waals surface area (Å²) >= 11 is 0. The van der Waals surface area contributed by atoms with Gasteiger partial charge in [0, 0.05) is 60.8 Å². The number of rotatable bonds is 7. The average molecular weight is 584 g/mol. The van der Waals surface area contributed by atoms with E-state index in [0.29, 0.717) is 12.0 Å². The lowest BCUT2D eigenvalue weighted by Crippen LogP contribution is -2.44. The van der Waals surface area contributed by atoms with E-state index in [1.165, 1.54) is 54.5 Å². The lowest BCUT2D eigenvalue weighted by Gasteiger charge is -2.49. The molecule has 2 aromatic carbocycles. The number of fused-ring (bicyclic) bond motifs is 1. The number of benzene rings is 2. The summed E-state index contributed by atoms with van der Waals surface area (Å²) in [7, 11) is 0. The molecule has 1 aliphatic carbocycles. The van der Waals surface area contributed by atoms with Crippen LogP contribution in [0.3, 0.4) is 0 Å². The van der Waals surface area contributed by atoms with Gasteiger partial charge >= 0.3 is 5.97 Å². The monoisotopic (exact) mass is 583 g/mol. The Morgan fingerprint density at radius 1 is 0.977 bits per heavy atom. The highest BCUT2D eigenvalue weighted by atomic mass is 19.1. The van der Waals surface area contributed by atoms with E-state index >= 15 is 0 Å². The van der Waals surface area contributed by atoms with Gasteiger partial charge in [-0.3, -0.25) is 14.7 Å². The Morgan fingerprint density at radius 2 is 1.74 bits per heavy atom. The lowest BCUT2D eigenvalue weighted by atomic mass is 9.63. The minimum Gasteiger partial charge on any atom is -0.463 e. The van der Waals surface area contributed by atoms with E-state index in [1.54, 1.807) is 12.1 Å². The Kier molecular flexibility index (Phi) is 8.34. The Hall–Kier alpha value is -3.25. The first-order valence-corrected chi connectivity index (χ1v) is 16.2. The molecular weight excluding hydrogens is 537 g/mol. The molecule has 0 radical (unpaired) electrons. The van der Waals surface area contributed by atoms with Crippen molar-refractivity contribution in [2.45, 2.75) is 98.8 Å². The molecule has 1 spiro atoms. The molecule has 5 nitrogen and oxygen atoms in total. The molecule has 1 saturated heterocycles. The maximum atomic E-state index is 14.6. The van der Waals surface area contributed by atoms with Gasteiger partial charge in [-0.1, -0.05) is 36.8 Å². The van der Waals surface area contributed by atoms with Crippen LogP contribution in [-0.4, -0.2) is 41.6 Å². The van der Waals surface area contributed by atoms with Crippen LogP contribution >= 0.6 is 0 Å². The van der Waals surface area contributed by atoms with Crippen LogP contribution in [0.25, 0.3) is 11.1 Å². The van der Waals surface area contributed by atoms with E-state index < -0.39 is 0 Å². The molecule has 0 unspecified atom stereocenters. The minimum atomic E-state index is -0.195. The summed E-state index contributed by atoms with van der Waals surface area (Å²) in [5, 5.41) is 0. The summed E-state index contributed by atoms with van der Waals surface area (Å²) in [5.74, 6) is -0.316. The predicted octanol–water partition coefficient (Wildman–Crippen LogP) is 7.64. The number of aryl methyl sites for hydroxylation is 3. The molecule has 6 heteroatoms. The van der Waals surface area contributed by atoms with Gasteiger partial charge in [0.05, 0.1) is 18.2 Å². The smallest absolute Gasteiger partial charge is 0.310 e. The molecule has 3 heterocycles. The fraction of sp³-hybridized carbons (Fsp3) is 0.514. The fourth-order valence-corrected chi connectivity index (χ4v) is 7.60. The Morgan fingerprint density at radius 3 is 2.42 bits per heavy atom. The zero-order valence-electron chi connectivity index (χ0n) is 26.6. The number of esters is 1. The SMILES string of the molecule is Cc1cccc(F)c1CN1CCc2cc(-c3c(C)nc(C)c(CC(=O)OC(C)C)c3N3CCC4(CCC4)CC3)ccc2C1. The summed E-state index contributed by atoms with van der Waals surface area (Å²) in [5.41, 5.74) is 11.4. The lowest BCUT2D eigenvalue weighted by molar-refractivity contribution is -0.146. The van der Waals surface area contributed by atoms with Gasteiger partial charge in [-0.2, -0.15) is 0 Å². The number of aromatic nitrogens is 1. The first-order chi connectivity index (χ1) is 20.6. The van der Waals surface area contributed by atoms with Crippen molar-refractivity contribution in [2.75, 3.05) is 24.5 Å². The maximum Gasteiger partial charge on any atom is 0.310 e. The van der Waals surface area contributed by atoms with Crippen molar-refractivity contribution in [2.24, 2.45) is 5.41 Å². The molecule has 2 aliphatic heterocycles. The van der Waals surface area contributed by atoms with E-state index in [2.05, 4.69) is 34.9 Å². The van der Waals surface area contributed by atoms with E-state index in [9.17, 15) is 9.18 Å². The van der Waals surface area contributed by atoms with Crippen LogP contribution in [0, 0.1) is 32.0 Å². The molecule has 2 fully saturated rings. The van der Waals surface area contributed by atoms with Gasteiger partial charge in [-0.25, -0.2) is 4.39 Å². The molecule has 0 amide bonds. The largest absolute Gasteiger partial charge is 0.463 e. The van der Waals surface area contributed by atoms with Crippen LogP contribution < -0.4 is 4.90 Å². The number of anilines is 1. The fourth-order valence-electron chi connectivity index (χ4n) is 7.60. The van der Waals surface area contributed by atoms with Crippen LogP contribution in [0.15, 0.2) is 36.4 Å². The molecule has 43 heavy (non-hydrogen) atoms. The van der Waals surface area contributed by atoms with Crippen LogP contribution in [0.1, 0.15) is 85.2 Å². The first-order valence-electron chi connectivity index (χ1n) is 16.2. The van der Waals surface area contributed by atoms with Crippen LogP contribution in [-0.2, 0) is 35.5 Å². The predicted molar refractivity (Wildman–Crippen MR) is 171 cm³/mol. The standard InChI is InChI=1S/C37H46FN3O2/c1-24(2)43-34(42)21-31-26(4)39-27(5)35(36(31)41-18-15-37(16-19-41)13-7-14-37)29-10-11-30-22-40(17-12-28(30)20-29)23-32-25(3)8-6-9-33(32)38/h6,8-11,20,24H,7,12-19,21-23H2,1-5H3. The molecule has 0 atom stereocenters. The summed E-state index contributed by atoms with van der Waals surface area (Å²) < 4.78 is 20.2. The van der Waals surface area contributed by atoms with Crippen LogP contribution in [0.5, 0.6) is 0 Å². The van der Waals surface area contributed by atoms with Crippen molar-refractivity contribution >= 4 is 11.7 Å². The van der Waals surface area contributed by atoms with Crippen molar-refractivity contribution in [3.63, 3.8) is 0 Å². The van der Waals surface area contributed by atoms with E-state index in [-0.39, 0.29) is 24.3 Å². The second-order valence-corrected chi connectivity index (χ2v) is 13.5. The zero-order chi connectivity index (χ0) is 30.3. The summed E-state index contributed by atoms with van der Waals surface area (Å²) in [4.78, 5) is 22.9. The molecule has 6 rings (SSSR count). The quantitative estimate of drug-likeness (QED) is 0.268. The topological polar surface area (TPSA) is 45.7 Å². The Balaban J connectivity index is 1.33. The highest BCUT2D eigenvalue weighted by Gasteiger charge is 2.40. The average Bonchev–Trinajstić information content (AvgIpc) is 2.95. The van der Waals surface area contributed by atoms with Crippen molar-refractivity contribution in [3.05, 3.63) is 81.4 Å². The van der Waals surface area contributed by atoms with Gasteiger partial charge in [0.1, 0.15) is 5.82 Å². The number of nitrogens with zero attached hydrogens (tertiary/aromatic N) is 3. The summed E-state index contributed by atoms with van der Waals surface area (Å²) in [6.07, 6.45) is 7.50. The van der Waals surface area contributed by atoms with Gasteiger partial charge in [-0.05, 0) is 100 Å². The van der Waals surface area contributed by atoms with E-state index in [0.717, 1.165) is 66.2 Å². The summed E-state index contributed by atoms with van der Waals surface area (Å²) in [6.45, 7) is 14.3. The molecular formula is C37H46FN3O2. The third-order valence-corrected chi connectivity index (χ3v) is 10.2. The number of carbonyl (C=O) groups is 1. The second-order valence-electron chi connectivity index (χ2n) is 13.5. The molecule has 3 aromatic rings. The number of hydrogen-bond acceptors (Lipinski definition) is 5. The van der Waals surface area contributed by atoms with Crippen molar-refractivity contribution in [1.82, 2.24) is 9.88 Å². The van der Waals surface area contributed by atoms with Gasteiger partial charge < -0.3 is 9.64 Å². The number of pyridine rings is 1. The van der Waals surface area contributed by atoms with Gasteiger partial charge in [-0.15, -0.1) is 0 Å². The number of ether oxygens (including phenoxy) is 1. The first kappa shape index (κ1) is 29.8. The van der Waals surface area contributed by atoms with Crippen molar-refractivity contribution in [1.29, 1.82) is 0 Å². The van der Waals surface area contributed by atoms with E-state index in [1.807, 2.05) is 33.8 Å². The minimum absolute atomic E-state index is 0.120. The summed E-state index contributed by atoms with van der Waals surface area (Å²) in [6, 6.07) is 12.2. The van der Waals surface area contributed by atoms with Crippen LogP contribution in [0.4, 0.5) is 10.1 Å². The normalized spacial score (nSPS) is 18.1. The third kappa shape index (κ3) is 6.08. The highest BCUT2D eigenvalue weighted by Crippen LogP contribution is 2.50. The van der Waals surface area contributed by atoms with Gasteiger partial charge in [0.15, 0.2) is 0 Å². The van der Waals surface area contributed by atoms with E-state index in [4.69, 9.17) is 9.72 Å². The molecule has 228 valence electrons. The van der Waals surface area contributed by atoms with Crippen molar-refractivity contribution in [3.8, 4) is 11.1 Å². The molecule has 0 bridgehead atoms. The van der Waals surface area contributed by atoms with Crippen LogP contribution in [0.2, 0.25) is 0 Å². The molecule has 1 saturated carbocycles. The molecule has 3 aliphatic rings. The third-order valence-electron chi connectivity index (χ3n) is 10.2. The van der Waals surface area contributed by atoms with Gasteiger partial charge in [0.25, 0.3) is 0 Å². The van der Waals surface area contributed by atoms with Gasteiger partial charge in [0.2, 0.25) is 0 Å². The molecule has 0 N–H and O–H groups in total. The second kappa shape index (κ2) is 12.0. The Bertz CT molecular complexity index is 1500. The number of halogens is 1. The Labute approximate surface area is 256 Å². The zero-order valence-corrected chi connectivity index (χ0v) is 26.6. The van der Waals surface area contributed by atoms with Crippen molar-refractivity contribution < 1.29 is 13.9 Å². The number of hydrogen-bond donors (Lipinski definition) is 0. The maximum absolute atomic E-state index is 14.6.